The Kier molecular flexibility index (Phi) is 2.77. The minimum Gasteiger partial charge on any atom is -0.343 e. The first-order valence-corrected chi connectivity index (χ1v) is 8.29. The lowest BCUT2D eigenvalue weighted by molar-refractivity contribution is 1.23. The van der Waals surface area contributed by atoms with Crippen molar-refractivity contribution < 1.29 is 0 Å². The maximum Gasteiger partial charge on any atom is 0.0567 e. The van der Waals surface area contributed by atoms with E-state index in [1.54, 1.807) is 0 Å². The predicted molar refractivity (Wildman–Crippen MR) is 103 cm³/mol. The number of hydrogen-bond acceptors (Lipinski definition) is 1. The molecule has 4 aromatic carbocycles. The van der Waals surface area contributed by atoms with Gasteiger partial charge in [0.2, 0.25) is 0 Å². The molecule has 0 radical (unpaired) electrons. The van der Waals surface area contributed by atoms with Gasteiger partial charge in [-0.1, -0.05) is 78.9 Å². The summed E-state index contributed by atoms with van der Waals surface area (Å²) in [5.74, 6) is 0. The van der Waals surface area contributed by atoms with Crippen LogP contribution in [0.3, 0.4) is 0 Å². The lowest BCUT2D eigenvalue weighted by Gasteiger charge is -2.23. The summed E-state index contributed by atoms with van der Waals surface area (Å²) in [6.45, 7) is 0. The van der Waals surface area contributed by atoms with E-state index in [-0.39, 0.29) is 0 Å². The van der Waals surface area contributed by atoms with Crippen LogP contribution >= 0.6 is 0 Å². The van der Waals surface area contributed by atoms with Crippen molar-refractivity contribution in [1.29, 1.82) is 0 Å². The summed E-state index contributed by atoms with van der Waals surface area (Å²) >= 11 is 0. The number of fused-ring (bicyclic) bond motifs is 7. The smallest absolute Gasteiger partial charge is 0.0567 e. The van der Waals surface area contributed by atoms with Crippen molar-refractivity contribution in [2.24, 2.45) is 0 Å². The zero-order valence-electron chi connectivity index (χ0n) is 13.5. The van der Waals surface area contributed by atoms with Crippen LogP contribution in [0.4, 0.5) is 11.4 Å². The number of nitrogens with zero attached hydrogens (tertiary/aromatic N) is 1. The van der Waals surface area contributed by atoms with E-state index >= 15 is 0 Å². The molecule has 1 heterocycles. The Bertz CT molecular complexity index is 1080. The van der Waals surface area contributed by atoms with Gasteiger partial charge in [-0.3, -0.25) is 0 Å². The van der Waals surface area contributed by atoms with E-state index in [0.717, 1.165) is 0 Å². The van der Waals surface area contributed by atoms with Crippen molar-refractivity contribution in [3.8, 4) is 22.3 Å². The van der Waals surface area contributed by atoms with Crippen LogP contribution in [0.1, 0.15) is 0 Å². The van der Waals surface area contributed by atoms with E-state index < -0.39 is 0 Å². The summed E-state index contributed by atoms with van der Waals surface area (Å²) in [4.78, 5) is 2.34. The third-order valence-electron chi connectivity index (χ3n) is 5.01. The normalized spacial score (nSPS) is 12.3. The van der Waals surface area contributed by atoms with E-state index in [1.165, 1.54) is 44.4 Å². The lowest BCUT2D eigenvalue weighted by Crippen LogP contribution is -2.10. The van der Waals surface area contributed by atoms with Gasteiger partial charge in [0.15, 0.2) is 0 Å². The topological polar surface area (TPSA) is 3.24 Å². The summed E-state index contributed by atoms with van der Waals surface area (Å²) in [6, 6.07) is 30.5. The maximum absolute atomic E-state index is 2.34. The Hall–Kier alpha value is -3.06. The number of rotatable bonds is 0. The quantitative estimate of drug-likeness (QED) is 0.371. The molecule has 0 aromatic heterocycles. The molecule has 0 unspecified atom stereocenters. The highest BCUT2D eigenvalue weighted by atomic mass is 15.1. The third-order valence-corrected chi connectivity index (χ3v) is 5.01. The van der Waals surface area contributed by atoms with Crippen LogP contribution in [0.25, 0.3) is 33.0 Å². The number of para-hydroxylation sites is 1. The first kappa shape index (κ1) is 13.4. The van der Waals surface area contributed by atoms with Gasteiger partial charge in [0.05, 0.1) is 5.69 Å². The van der Waals surface area contributed by atoms with Gasteiger partial charge in [0, 0.05) is 29.2 Å². The lowest BCUT2D eigenvalue weighted by atomic mass is 9.93. The van der Waals surface area contributed by atoms with Crippen molar-refractivity contribution in [3.05, 3.63) is 84.9 Å². The molecular formula is C23H17N. The van der Waals surface area contributed by atoms with E-state index in [0.29, 0.717) is 0 Å². The van der Waals surface area contributed by atoms with E-state index in [9.17, 15) is 0 Å². The highest BCUT2D eigenvalue weighted by Crippen LogP contribution is 2.49. The molecule has 0 saturated carbocycles. The molecule has 0 aliphatic carbocycles. The van der Waals surface area contributed by atoms with Crippen LogP contribution < -0.4 is 4.90 Å². The highest BCUT2D eigenvalue weighted by molar-refractivity contribution is 6.09. The third kappa shape index (κ3) is 1.75. The molecule has 0 amide bonds. The van der Waals surface area contributed by atoms with Gasteiger partial charge in [0.1, 0.15) is 0 Å². The Morgan fingerprint density at radius 3 is 2.00 bits per heavy atom. The first-order chi connectivity index (χ1) is 11.8. The van der Waals surface area contributed by atoms with Gasteiger partial charge in [-0.2, -0.15) is 0 Å². The Balaban J connectivity index is 2.00. The van der Waals surface area contributed by atoms with Crippen LogP contribution in [0.5, 0.6) is 0 Å². The summed E-state index contributed by atoms with van der Waals surface area (Å²) in [7, 11) is 2.18. The minimum atomic E-state index is 1.25. The summed E-state index contributed by atoms with van der Waals surface area (Å²) in [5, 5.41) is 2.57. The second-order valence-corrected chi connectivity index (χ2v) is 6.30. The Morgan fingerprint density at radius 1 is 0.542 bits per heavy atom. The van der Waals surface area contributed by atoms with E-state index in [4.69, 9.17) is 0 Å². The highest BCUT2D eigenvalue weighted by Gasteiger charge is 2.23. The van der Waals surface area contributed by atoms with Crippen molar-refractivity contribution in [1.82, 2.24) is 0 Å². The van der Waals surface area contributed by atoms with Gasteiger partial charge >= 0.3 is 0 Å². The van der Waals surface area contributed by atoms with Crippen molar-refractivity contribution >= 4 is 22.1 Å². The van der Waals surface area contributed by atoms with Crippen LogP contribution in [-0.4, -0.2) is 7.05 Å². The molecule has 1 nitrogen and oxygen atoms in total. The molecule has 0 N–H and O–H groups in total. The van der Waals surface area contributed by atoms with E-state index in [2.05, 4.69) is 96.9 Å². The Labute approximate surface area is 141 Å². The molecule has 24 heavy (non-hydrogen) atoms. The molecule has 0 fully saturated rings. The van der Waals surface area contributed by atoms with Crippen molar-refractivity contribution in [2.75, 3.05) is 11.9 Å². The molecule has 1 aliphatic heterocycles. The van der Waals surface area contributed by atoms with Crippen molar-refractivity contribution in [3.63, 3.8) is 0 Å². The predicted octanol–water partition coefficient (Wildman–Crippen LogP) is 6.26. The summed E-state index contributed by atoms with van der Waals surface area (Å²) < 4.78 is 0. The van der Waals surface area contributed by atoms with Gasteiger partial charge < -0.3 is 4.90 Å². The monoisotopic (exact) mass is 307 g/mol. The molecule has 0 saturated heterocycles. The van der Waals surface area contributed by atoms with Crippen LogP contribution in [0.2, 0.25) is 0 Å². The summed E-state index contributed by atoms with van der Waals surface area (Å²) in [6.07, 6.45) is 0. The molecule has 1 heteroatoms. The second-order valence-electron chi connectivity index (χ2n) is 6.30. The average molecular weight is 307 g/mol. The molecule has 0 atom stereocenters. The molecule has 0 spiro atoms. The fraction of sp³-hybridized carbons (Fsp3) is 0.0435. The molecule has 5 rings (SSSR count). The average Bonchev–Trinajstić information content (AvgIpc) is 2.76. The Morgan fingerprint density at radius 2 is 1.17 bits per heavy atom. The SMILES string of the molecule is CN1c2ccccc2-c2ccccc2-c2ccc3ccccc3c21. The fourth-order valence-corrected chi connectivity index (χ4v) is 3.90. The fourth-order valence-electron chi connectivity index (χ4n) is 3.90. The molecular weight excluding hydrogens is 290 g/mol. The van der Waals surface area contributed by atoms with E-state index in [1.807, 2.05) is 0 Å². The van der Waals surface area contributed by atoms with Gasteiger partial charge in [0.25, 0.3) is 0 Å². The van der Waals surface area contributed by atoms with Crippen LogP contribution in [0, 0.1) is 0 Å². The zero-order chi connectivity index (χ0) is 16.1. The maximum atomic E-state index is 2.34. The number of benzene rings is 4. The number of hydrogen-bond donors (Lipinski definition) is 0. The van der Waals surface area contributed by atoms with Gasteiger partial charge in [-0.25, -0.2) is 0 Å². The first-order valence-electron chi connectivity index (χ1n) is 8.29. The molecule has 4 aromatic rings. The van der Waals surface area contributed by atoms with Crippen LogP contribution in [-0.2, 0) is 0 Å². The largest absolute Gasteiger partial charge is 0.343 e. The minimum absolute atomic E-state index is 1.25. The standard InChI is InChI=1S/C23H17N/c1-24-22-13-7-6-12-20(22)18-10-4-5-11-19(18)21-15-14-16-8-2-3-9-17(16)23(21)24/h2-15H,1H3. The van der Waals surface area contributed by atoms with Crippen molar-refractivity contribution in [2.45, 2.75) is 0 Å². The second kappa shape index (κ2) is 4.97. The van der Waals surface area contributed by atoms with Gasteiger partial charge in [-0.15, -0.1) is 0 Å². The van der Waals surface area contributed by atoms with Gasteiger partial charge in [-0.05, 0) is 22.6 Å². The summed E-state index contributed by atoms with van der Waals surface area (Å²) in [5.41, 5.74) is 7.72. The molecule has 1 aliphatic rings. The molecule has 0 bridgehead atoms. The van der Waals surface area contributed by atoms with Crippen LogP contribution in [0.15, 0.2) is 84.9 Å². The number of anilines is 2. The zero-order valence-corrected chi connectivity index (χ0v) is 13.5. The molecule has 114 valence electrons.